The van der Waals surface area contributed by atoms with Crippen molar-refractivity contribution in [3.05, 3.63) is 100 Å². The Kier molecular flexibility index (Phi) is 9.13. The Balaban J connectivity index is 0.00000122. The SMILES string of the molecule is COC.N#Cc1ccc(NC(=O)C(O)(Cc2cccc(C(=O)O)c2)c2ccccc2)cc1Cl. The number of nitrogens with zero attached hydrogens (tertiary/aromatic N) is 1. The van der Waals surface area contributed by atoms with Gasteiger partial charge in [0.05, 0.1) is 16.1 Å². The average molecular weight is 467 g/mol. The van der Waals surface area contributed by atoms with E-state index in [2.05, 4.69) is 10.1 Å². The number of hydrogen-bond acceptors (Lipinski definition) is 5. The summed E-state index contributed by atoms with van der Waals surface area (Å²) in [6.45, 7) is 0. The fourth-order valence-corrected chi connectivity index (χ4v) is 3.28. The van der Waals surface area contributed by atoms with Gasteiger partial charge in [0.1, 0.15) is 6.07 Å². The van der Waals surface area contributed by atoms with Crippen LogP contribution >= 0.6 is 11.6 Å². The molecule has 8 heteroatoms. The van der Waals surface area contributed by atoms with Crippen LogP contribution in [0.15, 0.2) is 72.8 Å². The average Bonchev–Trinajstić information content (AvgIpc) is 2.80. The van der Waals surface area contributed by atoms with E-state index in [1.54, 1.807) is 56.7 Å². The molecule has 3 aromatic rings. The van der Waals surface area contributed by atoms with E-state index in [0.29, 0.717) is 16.8 Å². The van der Waals surface area contributed by atoms with Gasteiger partial charge >= 0.3 is 5.97 Å². The quantitative estimate of drug-likeness (QED) is 0.499. The normalized spacial score (nSPS) is 11.8. The molecule has 170 valence electrons. The van der Waals surface area contributed by atoms with Gasteiger partial charge in [0.15, 0.2) is 5.60 Å². The lowest BCUT2D eigenvalue weighted by Gasteiger charge is -2.28. The summed E-state index contributed by atoms with van der Waals surface area (Å²) in [5.41, 5.74) is -0.505. The second-order valence-electron chi connectivity index (χ2n) is 7.08. The van der Waals surface area contributed by atoms with Crippen LogP contribution in [-0.4, -0.2) is 36.3 Å². The molecule has 0 heterocycles. The summed E-state index contributed by atoms with van der Waals surface area (Å²) >= 11 is 6.03. The first-order valence-electron chi connectivity index (χ1n) is 9.76. The number of carbonyl (C=O) groups excluding carboxylic acids is 1. The third kappa shape index (κ3) is 6.64. The van der Waals surface area contributed by atoms with Crippen molar-refractivity contribution in [3.63, 3.8) is 0 Å². The molecular weight excluding hydrogens is 444 g/mol. The highest BCUT2D eigenvalue weighted by molar-refractivity contribution is 6.32. The third-order valence-electron chi connectivity index (χ3n) is 4.61. The monoisotopic (exact) mass is 466 g/mol. The van der Waals surface area contributed by atoms with Crippen LogP contribution in [0.3, 0.4) is 0 Å². The van der Waals surface area contributed by atoms with Gasteiger partial charge in [-0.2, -0.15) is 5.26 Å². The van der Waals surface area contributed by atoms with Crippen molar-refractivity contribution in [3.8, 4) is 6.07 Å². The van der Waals surface area contributed by atoms with Crippen molar-refractivity contribution in [2.24, 2.45) is 0 Å². The lowest BCUT2D eigenvalue weighted by molar-refractivity contribution is -0.135. The van der Waals surface area contributed by atoms with Crippen LogP contribution in [0, 0.1) is 11.3 Å². The Hall–Kier alpha value is -3.70. The van der Waals surface area contributed by atoms with E-state index < -0.39 is 17.5 Å². The Morgan fingerprint density at radius 3 is 2.30 bits per heavy atom. The number of benzene rings is 3. The molecule has 1 amide bonds. The molecule has 0 aliphatic rings. The van der Waals surface area contributed by atoms with Gasteiger partial charge in [-0.15, -0.1) is 0 Å². The number of methoxy groups -OCH3 is 1. The van der Waals surface area contributed by atoms with Crippen molar-refractivity contribution < 1.29 is 24.5 Å². The molecule has 3 aromatic carbocycles. The van der Waals surface area contributed by atoms with E-state index in [0.717, 1.165) is 0 Å². The van der Waals surface area contributed by atoms with E-state index >= 15 is 0 Å². The van der Waals surface area contributed by atoms with Crippen LogP contribution in [0.1, 0.15) is 27.0 Å². The van der Waals surface area contributed by atoms with Crippen molar-refractivity contribution in [1.82, 2.24) is 0 Å². The summed E-state index contributed by atoms with van der Waals surface area (Å²) < 4.78 is 4.25. The zero-order chi connectivity index (χ0) is 24.4. The van der Waals surface area contributed by atoms with E-state index in [1.807, 2.05) is 6.07 Å². The second-order valence-corrected chi connectivity index (χ2v) is 7.48. The lowest BCUT2D eigenvalue weighted by Crippen LogP contribution is -2.42. The summed E-state index contributed by atoms with van der Waals surface area (Å²) in [6, 6.07) is 20.8. The smallest absolute Gasteiger partial charge is 0.335 e. The molecule has 0 spiro atoms. The second kappa shape index (κ2) is 11.8. The van der Waals surface area contributed by atoms with Crippen molar-refractivity contribution in [2.75, 3.05) is 19.5 Å². The number of nitriles is 1. The fourth-order valence-electron chi connectivity index (χ4n) is 3.06. The molecule has 0 saturated heterocycles. The molecule has 3 N–H and O–H groups in total. The number of carboxylic acid groups (broad SMARTS) is 1. The number of carboxylic acids is 1. The van der Waals surface area contributed by atoms with E-state index in [4.69, 9.17) is 16.9 Å². The van der Waals surface area contributed by atoms with Gasteiger partial charge < -0.3 is 20.3 Å². The highest BCUT2D eigenvalue weighted by Crippen LogP contribution is 2.29. The minimum Gasteiger partial charge on any atom is -0.478 e. The number of hydrogen-bond donors (Lipinski definition) is 3. The maximum absolute atomic E-state index is 13.1. The van der Waals surface area contributed by atoms with E-state index in [9.17, 15) is 19.8 Å². The summed E-state index contributed by atoms with van der Waals surface area (Å²) in [6.07, 6.45) is -0.145. The summed E-state index contributed by atoms with van der Waals surface area (Å²) in [5.74, 6) is -1.81. The number of carbonyl (C=O) groups is 2. The summed E-state index contributed by atoms with van der Waals surface area (Å²) in [5, 5.41) is 32.4. The molecular formula is C25H23ClN2O5. The zero-order valence-corrected chi connectivity index (χ0v) is 18.8. The van der Waals surface area contributed by atoms with Gasteiger partial charge in [-0.1, -0.05) is 54.1 Å². The van der Waals surface area contributed by atoms with Gasteiger partial charge in [0.25, 0.3) is 5.91 Å². The van der Waals surface area contributed by atoms with Gasteiger partial charge in [0, 0.05) is 26.3 Å². The number of nitrogens with one attached hydrogen (secondary N) is 1. The van der Waals surface area contributed by atoms with Crippen LogP contribution in [0.4, 0.5) is 5.69 Å². The maximum atomic E-state index is 13.1. The fraction of sp³-hybridized carbons (Fsp3) is 0.160. The Morgan fingerprint density at radius 1 is 1.06 bits per heavy atom. The number of aliphatic hydroxyl groups is 1. The number of anilines is 1. The van der Waals surface area contributed by atoms with Crippen molar-refractivity contribution >= 4 is 29.2 Å². The number of amides is 1. The van der Waals surface area contributed by atoms with E-state index in [-0.39, 0.29) is 22.6 Å². The summed E-state index contributed by atoms with van der Waals surface area (Å²) in [4.78, 5) is 24.4. The minimum atomic E-state index is -1.97. The molecule has 0 radical (unpaired) electrons. The highest BCUT2D eigenvalue weighted by Gasteiger charge is 2.38. The highest BCUT2D eigenvalue weighted by atomic mass is 35.5. The molecule has 0 aliphatic heterocycles. The number of aromatic carboxylic acids is 1. The van der Waals surface area contributed by atoms with Crippen LogP contribution in [0.5, 0.6) is 0 Å². The van der Waals surface area contributed by atoms with Gasteiger partial charge in [-0.05, 0) is 41.5 Å². The molecule has 0 fully saturated rings. The molecule has 3 rings (SSSR count). The molecule has 0 bridgehead atoms. The van der Waals surface area contributed by atoms with Crippen molar-refractivity contribution in [1.29, 1.82) is 5.26 Å². The maximum Gasteiger partial charge on any atom is 0.335 e. The Bertz CT molecular complexity index is 1160. The Morgan fingerprint density at radius 2 is 1.73 bits per heavy atom. The number of rotatable bonds is 6. The number of ether oxygens (including phenoxy) is 1. The molecule has 0 aliphatic carbocycles. The van der Waals surface area contributed by atoms with Gasteiger partial charge in [0.2, 0.25) is 0 Å². The van der Waals surface area contributed by atoms with Crippen LogP contribution in [0.2, 0.25) is 5.02 Å². The molecule has 0 saturated carbocycles. The van der Waals surface area contributed by atoms with Gasteiger partial charge in [-0.25, -0.2) is 4.79 Å². The number of halogens is 1. The standard InChI is InChI=1S/C23H17ClN2O4.C2H6O/c24-20-12-19(10-9-17(20)14-25)26-22(29)23(30,18-7-2-1-3-8-18)13-15-5-4-6-16(11-15)21(27)28;1-3-2/h1-12,30H,13H2,(H,26,29)(H,27,28);1-2H3. The van der Waals surface area contributed by atoms with Crippen LogP contribution in [0.25, 0.3) is 0 Å². The molecule has 1 atom stereocenters. The Labute approximate surface area is 196 Å². The molecule has 7 nitrogen and oxygen atoms in total. The summed E-state index contributed by atoms with van der Waals surface area (Å²) in [7, 11) is 3.25. The zero-order valence-electron chi connectivity index (χ0n) is 18.1. The first-order valence-corrected chi connectivity index (χ1v) is 10.1. The molecule has 1 unspecified atom stereocenters. The largest absolute Gasteiger partial charge is 0.478 e. The van der Waals surface area contributed by atoms with Crippen LogP contribution in [-0.2, 0) is 21.6 Å². The van der Waals surface area contributed by atoms with Crippen molar-refractivity contribution in [2.45, 2.75) is 12.0 Å². The first-order chi connectivity index (χ1) is 15.7. The minimum absolute atomic E-state index is 0.0576. The van der Waals surface area contributed by atoms with Crippen LogP contribution < -0.4 is 5.32 Å². The van der Waals surface area contributed by atoms with Gasteiger partial charge in [-0.3, -0.25) is 4.79 Å². The molecule has 33 heavy (non-hydrogen) atoms. The first kappa shape index (κ1) is 25.6. The molecule has 0 aromatic heterocycles. The predicted molar refractivity (Wildman–Crippen MR) is 125 cm³/mol. The third-order valence-corrected chi connectivity index (χ3v) is 4.92. The topological polar surface area (TPSA) is 120 Å². The lowest BCUT2D eigenvalue weighted by atomic mass is 9.86. The van der Waals surface area contributed by atoms with E-state index in [1.165, 1.54) is 30.3 Å². The predicted octanol–water partition coefficient (Wildman–Crippen LogP) is 4.24.